The molecule has 1 amide bonds. The summed E-state index contributed by atoms with van der Waals surface area (Å²) in [5, 5.41) is 26.0. The molecule has 1 aromatic heterocycles. The summed E-state index contributed by atoms with van der Waals surface area (Å²) < 4.78 is 15.8. The van der Waals surface area contributed by atoms with Crippen molar-refractivity contribution < 1.29 is 33.6 Å². The summed E-state index contributed by atoms with van der Waals surface area (Å²) >= 11 is 0. The largest absolute Gasteiger partial charge is 0.508 e. The SMILES string of the molecule is O=C(Nc1ccc2cc3ccccc3nc2c1COC(=O)OCc1ccc([N+](=O)[O-])cc1)OCc1ccc([N+](=O)[O-])cc1. The van der Waals surface area contributed by atoms with E-state index in [2.05, 4.69) is 5.32 Å². The molecule has 0 unspecified atom stereocenters. The minimum absolute atomic E-state index is 0.0831. The lowest BCUT2D eigenvalue weighted by atomic mass is 10.1. The fraction of sp³-hybridized carbons (Fsp3) is 0.100. The van der Waals surface area contributed by atoms with Crippen molar-refractivity contribution in [2.24, 2.45) is 0 Å². The van der Waals surface area contributed by atoms with Gasteiger partial charge in [0.2, 0.25) is 0 Å². The van der Waals surface area contributed by atoms with Crippen LogP contribution in [0.1, 0.15) is 16.7 Å². The predicted molar refractivity (Wildman–Crippen MR) is 154 cm³/mol. The van der Waals surface area contributed by atoms with Gasteiger partial charge in [-0.3, -0.25) is 25.5 Å². The van der Waals surface area contributed by atoms with E-state index in [9.17, 15) is 29.8 Å². The number of non-ortho nitro benzene ring substituents is 2. The molecule has 0 aliphatic carbocycles. The molecule has 13 heteroatoms. The Morgan fingerprint density at radius 3 is 1.91 bits per heavy atom. The molecular formula is C30H22N4O9. The smallest absolute Gasteiger partial charge is 0.444 e. The average molecular weight is 583 g/mol. The van der Waals surface area contributed by atoms with Gasteiger partial charge in [-0.15, -0.1) is 0 Å². The number of hydrogen-bond acceptors (Lipinski definition) is 10. The molecule has 0 aliphatic heterocycles. The molecule has 216 valence electrons. The first kappa shape index (κ1) is 28.4. The number of nitro benzene ring substituents is 2. The van der Waals surface area contributed by atoms with Crippen LogP contribution in [-0.4, -0.2) is 27.1 Å². The summed E-state index contributed by atoms with van der Waals surface area (Å²) in [6, 6.07) is 23.9. The second kappa shape index (κ2) is 12.6. The van der Waals surface area contributed by atoms with E-state index in [0.717, 1.165) is 10.8 Å². The molecule has 4 aromatic carbocycles. The van der Waals surface area contributed by atoms with Crippen LogP contribution in [0.25, 0.3) is 21.8 Å². The maximum absolute atomic E-state index is 12.7. The van der Waals surface area contributed by atoms with Gasteiger partial charge in [-0.25, -0.2) is 14.6 Å². The molecule has 0 saturated heterocycles. The number of fused-ring (bicyclic) bond motifs is 2. The molecule has 0 saturated carbocycles. The number of hydrogen-bond donors (Lipinski definition) is 1. The summed E-state index contributed by atoms with van der Waals surface area (Å²) in [7, 11) is 0. The van der Waals surface area contributed by atoms with Crippen molar-refractivity contribution >= 4 is 51.1 Å². The van der Waals surface area contributed by atoms with E-state index >= 15 is 0 Å². The summed E-state index contributed by atoms with van der Waals surface area (Å²) in [6.45, 7) is -0.615. The third kappa shape index (κ3) is 6.97. The van der Waals surface area contributed by atoms with Crippen molar-refractivity contribution in [2.45, 2.75) is 19.8 Å². The first-order valence-corrected chi connectivity index (χ1v) is 12.8. The highest BCUT2D eigenvalue weighted by molar-refractivity contribution is 5.98. The van der Waals surface area contributed by atoms with Crippen LogP contribution in [0.2, 0.25) is 0 Å². The summed E-state index contributed by atoms with van der Waals surface area (Å²) in [5.41, 5.74) is 2.75. The Bertz CT molecular complexity index is 1840. The van der Waals surface area contributed by atoms with Gasteiger partial charge in [0.15, 0.2) is 0 Å². The van der Waals surface area contributed by atoms with Gasteiger partial charge in [0.25, 0.3) is 11.4 Å². The maximum Gasteiger partial charge on any atom is 0.508 e. The molecule has 1 N–H and O–H groups in total. The number of ether oxygens (including phenoxy) is 3. The number of nitrogens with zero attached hydrogens (tertiary/aromatic N) is 3. The van der Waals surface area contributed by atoms with Gasteiger partial charge in [0, 0.05) is 40.6 Å². The van der Waals surface area contributed by atoms with Crippen molar-refractivity contribution in [3.63, 3.8) is 0 Å². The van der Waals surface area contributed by atoms with E-state index in [1.807, 2.05) is 30.3 Å². The van der Waals surface area contributed by atoms with Crippen molar-refractivity contribution in [1.82, 2.24) is 4.98 Å². The molecule has 0 radical (unpaired) electrons. The van der Waals surface area contributed by atoms with E-state index in [4.69, 9.17) is 19.2 Å². The standard InChI is InChI=1S/C30H22N4O9/c35-29(41-16-19-5-10-23(11-6-19)33(37)38)32-27-14-9-22-15-21-3-1-2-4-26(21)31-28(22)25(27)18-43-30(36)42-17-20-7-12-24(13-8-20)34(39)40/h1-15H,16-18H2,(H,32,35). The van der Waals surface area contributed by atoms with Gasteiger partial charge in [-0.1, -0.05) is 24.3 Å². The number of pyridine rings is 1. The van der Waals surface area contributed by atoms with Crippen molar-refractivity contribution in [2.75, 3.05) is 5.32 Å². The van der Waals surface area contributed by atoms with Gasteiger partial charge in [-0.2, -0.15) is 0 Å². The van der Waals surface area contributed by atoms with Crippen LogP contribution in [0.5, 0.6) is 0 Å². The number of amides is 1. The Morgan fingerprint density at radius 2 is 1.28 bits per heavy atom. The third-order valence-corrected chi connectivity index (χ3v) is 6.39. The fourth-order valence-corrected chi connectivity index (χ4v) is 4.20. The number of rotatable bonds is 9. The summed E-state index contributed by atoms with van der Waals surface area (Å²) in [4.78, 5) is 50.5. The number of para-hydroxylation sites is 1. The zero-order valence-corrected chi connectivity index (χ0v) is 22.3. The summed E-state index contributed by atoms with van der Waals surface area (Å²) in [5.74, 6) is 0. The lowest BCUT2D eigenvalue weighted by Gasteiger charge is -2.15. The minimum atomic E-state index is -0.997. The molecule has 5 rings (SSSR count). The van der Waals surface area contributed by atoms with Gasteiger partial charge in [0.05, 0.1) is 26.6 Å². The third-order valence-electron chi connectivity index (χ3n) is 6.39. The lowest BCUT2D eigenvalue weighted by Crippen LogP contribution is -2.16. The monoisotopic (exact) mass is 582 g/mol. The zero-order valence-electron chi connectivity index (χ0n) is 22.3. The van der Waals surface area contributed by atoms with Crippen LogP contribution >= 0.6 is 0 Å². The zero-order chi connectivity index (χ0) is 30.3. The molecule has 0 atom stereocenters. The second-order valence-corrected chi connectivity index (χ2v) is 9.22. The predicted octanol–water partition coefficient (Wildman–Crippen LogP) is 6.81. The highest BCUT2D eigenvalue weighted by Crippen LogP contribution is 2.29. The first-order chi connectivity index (χ1) is 20.8. The van der Waals surface area contributed by atoms with E-state index in [1.54, 1.807) is 12.1 Å². The topological polar surface area (TPSA) is 173 Å². The minimum Gasteiger partial charge on any atom is -0.444 e. The van der Waals surface area contributed by atoms with E-state index < -0.39 is 22.1 Å². The lowest BCUT2D eigenvalue weighted by molar-refractivity contribution is -0.385. The number of anilines is 1. The van der Waals surface area contributed by atoms with Crippen LogP contribution in [0.15, 0.2) is 91.0 Å². The molecular weight excluding hydrogens is 560 g/mol. The molecule has 0 spiro atoms. The van der Waals surface area contributed by atoms with Crippen molar-refractivity contribution in [3.8, 4) is 0 Å². The van der Waals surface area contributed by atoms with Crippen molar-refractivity contribution in [1.29, 1.82) is 0 Å². The van der Waals surface area contributed by atoms with E-state index in [1.165, 1.54) is 48.5 Å². The molecule has 0 bridgehead atoms. The van der Waals surface area contributed by atoms with Gasteiger partial charge >= 0.3 is 12.2 Å². The molecule has 43 heavy (non-hydrogen) atoms. The van der Waals surface area contributed by atoms with Gasteiger partial charge in [-0.05, 0) is 53.6 Å². The molecule has 5 aromatic rings. The number of carbonyl (C=O) groups excluding carboxylic acids is 2. The first-order valence-electron chi connectivity index (χ1n) is 12.8. The maximum atomic E-state index is 12.7. The Balaban J connectivity index is 1.31. The van der Waals surface area contributed by atoms with Crippen LogP contribution in [0, 0.1) is 20.2 Å². The van der Waals surface area contributed by atoms with Crippen molar-refractivity contribution in [3.05, 3.63) is 128 Å². The number of aromatic nitrogens is 1. The van der Waals surface area contributed by atoms with E-state index in [0.29, 0.717) is 27.7 Å². The fourth-order valence-electron chi connectivity index (χ4n) is 4.20. The van der Waals surface area contributed by atoms with Crippen LogP contribution in [0.4, 0.5) is 26.7 Å². The molecule has 0 aliphatic rings. The summed E-state index contributed by atoms with van der Waals surface area (Å²) in [6.07, 6.45) is -1.80. The van der Waals surface area contributed by atoms with Crippen LogP contribution in [-0.2, 0) is 34.0 Å². The molecule has 13 nitrogen and oxygen atoms in total. The second-order valence-electron chi connectivity index (χ2n) is 9.22. The number of nitrogens with one attached hydrogen (secondary N) is 1. The highest BCUT2D eigenvalue weighted by Gasteiger charge is 2.17. The van der Waals surface area contributed by atoms with E-state index in [-0.39, 0.29) is 36.9 Å². The van der Waals surface area contributed by atoms with Gasteiger partial charge in [0.1, 0.15) is 19.8 Å². The molecule has 1 heterocycles. The van der Waals surface area contributed by atoms with Crippen LogP contribution < -0.4 is 5.32 Å². The Morgan fingerprint density at radius 1 is 0.698 bits per heavy atom. The Kier molecular flexibility index (Phi) is 8.33. The Labute approximate surface area is 242 Å². The number of benzene rings is 4. The number of carbonyl (C=O) groups is 2. The van der Waals surface area contributed by atoms with Gasteiger partial charge < -0.3 is 14.2 Å². The normalized spacial score (nSPS) is 10.7. The quantitative estimate of drug-likeness (QED) is 0.0842. The Hall–Kier alpha value is -6.11. The van der Waals surface area contributed by atoms with Crippen LogP contribution in [0.3, 0.4) is 0 Å². The average Bonchev–Trinajstić information content (AvgIpc) is 3.01. The number of nitro groups is 2. The highest BCUT2D eigenvalue weighted by atomic mass is 16.7. The molecule has 0 fully saturated rings.